The van der Waals surface area contributed by atoms with Crippen molar-refractivity contribution in [2.24, 2.45) is 0 Å². The van der Waals surface area contributed by atoms with Crippen molar-refractivity contribution in [3.63, 3.8) is 0 Å². The van der Waals surface area contributed by atoms with Crippen molar-refractivity contribution in [3.05, 3.63) is 14.4 Å². The molecule has 0 amide bonds. The zero-order chi connectivity index (χ0) is 13.1. The van der Waals surface area contributed by atoms with Crippen molar-refractivity contribution in [2.45, 2.75) is 0 Å². The summed E-state index contributed by atoms with van der Waals surface area (Å²) in [6, 6.07) is 0. The summed E-state index contributed by atoms with van der Waals surface area (Å²) in [5.74, 6) is 0. The van der Waals surface area contributed by atoms with Gasteiger partial charge in [-0.2, -0.15) is 0 Å². The first-order chi connectivity index (χ1) is 6.00. The molecule has 0 heterocycles. The molecule has 0 bridgehead atoms. The van der Waals surface area contributed by atoms with Gasteiger partial charge in [0.1, 0.15) is 0 Å². The molecule has 0 aliphatic rings. The Morgan fingerprint density at radius 3 is 0.933 bits per heavy atom. The van der Waals surface area contributed by atoms with Crippen LogP contribution in [0.2, 0.25) is 0 Å². The molecule has 0 saturated carbocycles. The summed E-state index contributed by atoms with van der Waals surface area (Å²) in [5.41, 5.74) is 0. The van der Waals surface area contributed by atoms with Crippen molar-refractivity contribution in [2.75, 3.05) is 0 Å². The molecule has 0 saturated heterocycles. The molecule has 0 nitrogen and oxygen atoms in total. The van der Waals surface area contributed by atoms with E-state index in [1.165, 1.54) is 0 Å². The van der Waals surface area contributed by atoms with E-state index in [1.807, 2.05) is 0 Å². The van der Waals surface area contributed by atoms with Crippen LogP contribution in [-0.4, -0.2) is 9.14 Å². The summed E-state index contributed by atoms with van der Waals surface area (Å²) in [6.45, 7) is 0. The third kappa shape index (κ3) is 31.8. The molecule has 0 aromatic heterocycles. The van der Waals surface area contributed by atoms with Crippen molar-refractivity contribution < 1.29 is 0 Å². The van der Waals surface area contributed by atoms with Crippen molar-refractivity contribution in [3.8, 4) is 0 Å². The molecule has 12 heteroatoms. The molecule has 0 N–H and O–H groups in total. The van der Waals surface area contributed by atoms with Gasteiger partial charge in [0, 0.05) is 0 Å². The van der Waals surface area contributed by atoms with Crippen LogP contribution in [-0.2, 0) is 0 Å². The first-order valence-electron chi connectivity index (χ1n) is 2.46. The average molecular weight is 548 g/mol. The Morgan fingerprint density at radius 2 is 0.933 bits per heavy atom. The third-order valence-electron chi connectivity index (χ3n) is 0.332. The minimum absolute atomic E-state index is 0.0309. The van der Waals surface area contributed by atoms with Crippen LogP contribution < -0.4 is 0 Å². The van der Waals surface area contributed by atoms with Crippen LogP contribution in [0.25, 0.3) is 0 Å². The number of hydrogen-bond donors (Lipinski definition) is 0. The SMILES string of the molecule is ClC(Cl)=C(Cl)[C+](Cl)Cl.[Cl][Sb-]([Cl])([Cl])([Cl])([Cl])[Cl]. The fourth-order valence-electron chi connectivity index (χ4n) is 0.0714. The Balaban J connectivity index is 0. The van der Waals surface area contributed by atoms with Crippen LogP contribution >= 0.6 is 111 Å². The first kappa shape index (κ1) is 20.9. The van der Waals surface area contributed by atoms with E-state index in [4.69, 9.17) is 111 Å². The van der Waals surface area contributed by atoms with Crippen LogP contribution in [0, 0.1) is 4.84 Å². The van der Waals surface area contributed by atoms with Gasteiger partial charge in [-0.25, -0.2) is 0 Å². The molecule has 0 fully saturated rings. The Kier molecular flexibility index (Phi) is 8.90. The van der Waals surface area contributed by atoms with Gasteiger partial charge in [-0.15, -0.1) is 0 Å². The maximum absolute atomic E-state index is 5.42. The predicted octanol–water partition coefficient (Wildman–Crippen LogP) is 7.60. The van der Waals surface area contributed by atoms with E-state index in [-0.39, 0.29) is 14.4 Å². The van der Waals surface area contributed by atoms with E-state index in [0.29, 0.717) is 0 Å². The van der Waals surface area contributed by atoms with E-state index in [1.54, 1.807) is 0 Å². The average Bonchev–Trinajstić information content (AvgIpc) is 1.77. The molecule has 15 heavy (non-hydrogen) atoms. The van der Waals surface area contributed by atoms with Crippen molar-refractivity contribution in [1.29, 1.82) is 0 Å². The minimum atomic E-state index is -5.42. The molecular weight excluding hydrogens is 548 g/mol. The van der Waals surface area contributed by atoms with E-state index in [0.717, 1.165) is 0 Å². The van der Waals surface area contributed by atoms with E-state index < -0.39 is 9.14 Å². The van der Waals surface area contributed by atoms with Crippen molar-refractivity contribution >= 4 is 120 Å². The van der Waals surface area contributed by atoms with E-state index in [2.05, 4.69) is 0 Å². The van der Waals surface area contributed by atoms with Crippen LogP contribution in [0.15, 0.2) is 9.52 Å². The monoisotopic (exact) mass is 542 g/mol. The molecule has 0 atom stereocenters. The molecule has 0 aliphatic carbocycles. The van der Waals surface area contributed by atoms with Crippen LogP contribution in [0.4, 0.5) is 0 Å². The van der Waals surface area contributed by atoms with Gasteiger partial charge in [-0.1, -0.05) is 0 Å². The van der Waals surface area contributed by atoms with Crippen LogP contribution in [0.5, 0.6) is 0 Å². The molecule has 0 aromatic carbocycles. The van der Waals surface area contributed by atoms with Crippen LogP contribution in [0.3, 0.4) is 0 Å². The second-order valence-electron chi connectivity index (χ2n) is 1.79. The molecular formula is C3Cl11Sb. The molecule has 94 valence electrons. The van der Waals surface area contributed by atoms with Crippen molar-refractivity contribution in [1.82, 2.24) is 0 Å². The topological polar surface area (TPSA) is 0 Å². The molecule has 0 spiro atoms. The Labute approximate surface area is 132 Å². The summed E-state index contributed by atoms with van der Waals surface area (Å²) in [4.78, 5) is -0.133. The standard InChI is InChI=1S/C3Cl5.6ClH.Sb/c4-1(2(5)6)3(7)8;;;;;;;/h;6*1H;/q+1;;;;;;;+5/p-6. The quantitative estimate of drug-likeness (QED) is 0.234. The van der Waals surface area contributed by atoms with E-state index >= 15 is 0 Å². The fourth-order valence-corrected chi connectivity index (χ4v) is 0.643. The first-order valence-corrected chi connectivity index (χ1v) is 23.7. The molecule has 0 rings (SSSR count). The van der Waals surface area contributed by atoms with Gasteiger partial charge < -0.3 is 0 Å². The van der Waals surface area contributed by atoms with E-state index in [9.17, 15) is 0 Å². The van der Waals surface area contributed by atoms with Gasteiger partial charge in [0.05, 0.1) is 46.4 Å². The predicted molar refractivity (Wildman–Crippen MR) is 80.4 cm³/mol. The summed E-state index contributed by atoms with van der Waals surface area (Å²) >= 11 is 25.9. The summed E-state index contributed by atoms with van der Waals surface area (Å²) in [6.07, 6.45) is 0. The Hall–Kier alpha value is 3.62. The van der Waals surface area contributed by atoms with Gasteiger partial charge in [-0.3, -0.25) is 0 Å². The third-order valence-corrected chi connectivity index (χ3v) is 1.85. The number of halogens is 11. The summed E-state index contributed by atoms with van der Waals surface area (Å²) in [5, 5.41) is -0.0309. The summed E-state index contributed by atoms with van der Waals surface area (Å²) in [7, 11) is 25.0. The summed E-state index contributed by atoms with van der Waals surface area (Å²) < 4.78 is -0.133. The van der Waals surface area contributed by atoms with Gasteiger partial charge in [0.15, 0.2) is 0 Å². The molecule has 0 aliphatic heterocycles. The fraction of sp³-hybridized carbons (Fsp3) is 0. The van der Waals surface area contributed by atoms with Gasteiger partial charge in [0.2, 0.25) is 0 Å². The number of rotatable bonds is 1. The molecule has 0 radical (unpaired) electrons. The molecule has 0 aromatic rings. The van der Waals surface area contributed by atoms with Crippen LogP contribution in [0.1, 0.15) is 0 Å². The second-order valence-corrected chi connectivity index (χ2v) is 61.0. The zero-order valence-electron chi connectivity index (χ0n) is 6.10. The zero-order valence-corrected chi connectivity index (χ0v) is 17.0. The Morgan fingerprint density at radius 1 is 0.733 bits per heavy atom. The number of allylic oxidation sites excluding steroid dienone is 1. The van der Waals surface area contributed by atoms with Gasteiger partial charge in [-0.05, 0) is 11.6 Å². The second kappa shape index (κ2) is 6.38. The van der Waals surface area contributed by atoms with Gasteiger partial charge in [0.25, 0.3) is 14.4 Å². The maximum atomic E-state index is 5.27. The molecule has 0 unspecified atom stereocenters. The Bertz CT molecular complexity index is 225. The number of hydrogen-bond acceptors (Lipinski definition) is 0. The normalized spacial score (nSPS) is 15.4. The van der Waals surface area contributed by atoms with Gasteiger partial charge >= 0.3 is 62.1 Å².